The molecule has 2 N–H and O–H groups in total. The van der Waals surface area contributed by atoms with E-state index < -0.39 is 0 Å². The molecule has 0 aliphatic carbocycles. The van der Waals surface area contributed by atoms with Gasteiger partial charge < -0.3 is 10.6 Å². The maximum absolute atomic E-state index is 4.25. The summed E-state index contributed by atoms with van der Waals surface area (Å²) in [5, 5.41) is 10.8. The summed E-state index contributed by atoms with van der Waals surface area (Å²) in [6.07, 6.45) is 2.84. The SMILES string of the molecule is CCc1ccccc1CNC(=NC)NCc1ccnn1C. The number of aliphatic imine (C=N–C) groups is 1. The molecular formula is C16H23N5. The molecule has 0 atom stereocenters. The van der Waals surface area contributed by atoms with Gasteiger partial charge in [0.2, 0.25) is 0 Å². The minimum absolute atomic E-state index is 0.700. The van der Waals surface area contributed by atoms with Crippen molar-refractivity contribution in [3.05, 3.63) is 53.3 Å². The van der Waals surface area contributed by atoms with E-state index in [9.17, 15) is 0 Å². The Morgan fingerprint density at radius 3 is 2.48 bits per heavy atom. The molecule has 0 saturated carbocycles. The Balaban J connectivity index is 1.90. The van der Waals surface area contributed by atoms with Crippen molar-refractivity contribution >= 4 is 5.96 Å². The molecule has 0 saturated heterocycles. The van der Waals surface area contributed by atoms with Gasteiger partial charge in [-0.2, -0.15) is 5.10 Å². The molecule has 0 aliphatic rings. The fraction of sp³-hybridized carbons (Fsp3) is 0.375. The van der Waals surface area contributed by atoms with Gasteiger partial charge in [-0.15, -0.1) is 0 Å². The minimum atomic E-state index is 0.700. The number of benzene rings is 1. The molecule has 2 aromatic rings. The minimum Gasteiger partial charge on any atom is -0.352 e. The molecule has 1 aromatic heterocycles. The molecule has 2 rings (SSSR count). The maximum atomic E-state index is 4.25. The molecule has 5 heteroatoms. The summed E-state index contributed by atoms with van der Waals surface area (Å²) in [7, 11) is 3.72. The van der Waals surface area contributed by atoms with Gasteiger partial charge in [0.25, 0.3) is 0 Å². The Kier molecular flexibility index (Phi) is 5.37. The van der Waals surface area contributed by atoms with Gasteiger partial charge in [0.05, 0.1) is 12.2 Å². The average Bonchev–Trinajstić information content (AvgIpc) is 2.93. The lowest BCUT2D eigenvalue weighted by Gasteiger charge is -2.13. The number of hydrogen-bond acceptors (Lipinski definition) is 2. The first-order valence-electron chi connectivity index (χ1n) is 7.22. The molecule has 0 aliphatic heterocycles. The van der Waals surface area contributed by atoms with Crippen molar-refractivity contribution in [2.24, 2.45) is 12.0 Å². The van der Waals surface area contributed by atoms with Gasteiger partial charge in [-0.3, -0.25) is 9.67 Å². The first-order valence-corrected chi connectivity index (χ1v) is 7.22. The predicted octanol–water partition coefficient (Wildman–Crippen LogP) is 1.85. The number of nitrogens with zero attached hydrogens (tertiary/aromatic N) is 3. The van der Waals surface area contributed by atoms with Crippen LogP contribution in [0.2, 0.25) is 0 Å². The molecule has 0 radical (unpaired) electrons. The molecule has 0 amide bonds. The smallest absolute Gasteiger partial charge is 0.191 e. The topological polar surface area (TPSA) is 54.2 Å². The number of rotatable bonds is 5. The monoisotopic (exact) mass is 285 g/mol. The summed E-state index contributed by atoms with van der Waals surface area (Å²) in [6, 6.07) is 10.5. The van der Waals surface area contributed by atoms with Gasteiger partial charge in [-0.25, -0.2) is 0 Å². The highest BCUT2D eigenvalue weighted by molar-refractivity contribution is 5.79. The third-order valence-corrected chi connectivity index (χ3v) is 3.53. The van der Waals surface area contributed by atoms with Crippen molar-refractivity contribution in [2.45, 2.75) is 26.4 Å². The summed E-state index contributed by atoms with van der Waals surface area (Å²) >= 11 is 0. The van der Waals surface area contributed by atoms with Gasteiger partial charge in [-0.05, 0) is 23.6 Å². The van der Waals surface area contributed by atoms with Crippen molar-refractivity contribution in [1.29, 1.82) is 0 Å². The zero-order valence-corrected chi connectivity index (χ0v) is 12.9. The molecule has 0 spiro atoms. The zero-order chi connectivity index (χ0) is 15.1. The van der Waals surface area contributed by atoms with Crippen LogP contribution in [0.4, 0.5) is 0 Å². The van der Waals surface area contributed by atoms with E-state index in [1.54, 1.807) is 13.2 Å². The van der Waals surface area contributed by atoms with Crippen LogP contribution >= 0.6 is 0 Å². The van der Waals surface area contributed by atoms with Gasteiger partial charge in [0, 0.05) is 26.8 Å². The highest BCUT2D eigenvalue weighted by Gasteiger charge is 2.03. The Bertz CT molecular complexity index is 600. The van der Waals surface area contributed by atoms with Crippen LogP contribution in [0.15, 0.2) is 41.5 Å². The maximum Gasteiger partial charge on any atom is 0.191 e. The van der Waals surface area contributed by atoms with Crippen molar-refractivity contribution in [3.8, 4) is 0 Å². The van der Waals surface area contributed by atoms with Crippen LogP contribution in [0.25, 0.3) is 0 Å². The number of hydrogen-bond donors (Lipinski definition) is 2. The van der Waals surface area contributed by atoms with Gasteiger partial charge in [-0.1, -0.05) is 31.2 Å². The van der Waals surface area contributed by atoms with Crippen molar-refractivity contribution in [2.75, 3.05) is 7.05 Å². The van der Waals surface area contributed by atoms with Crippen molar-refractivity contribution in [3.63, 3.8) is 0 Å². The standard InChI is InChI=1S/C16H23N5/c1-4-13-7-5-6-8-14(13)11-18-16(17-2)19-12-15-9-10-20-21(15)3/h5-10H,4,11-12H2,1-3H3,(H2,17,18,19). The van der Waals surface area contributed by atoms with E-state index >= 15 is 0 Å². The summed E-state index contributed by atoms with van der Waals surface area (Å²) in [5.41, 5.74) is 3.79. The average molecular weight is 285 g/mol. The van der Waals surface area contributed by atoms with Gasteiger partial charge in [0.15, 0.2) is 5.96 Å². The number of nitrogens with one attached hydrogen (secondary N) is 2. The van der Waals surface area contributed by atoms with E-state index in [0.29, 0.717) is 6.54 Å². The van der Waals surface area contributed by atoms with Crippen LogP contribution in [0.3, 0.4) is 0 Å². The first kappa shape index (κ1) is 15.1. The largest absolute Gasteiger partial charge is 0.352 e. The van der Waals surface area contributed by atoms with Crippen molar-refractivity contribution < 1.29 is 0 Å². The highest BCUT2D eigenvalue weighted by Crippen LogP contribution is 2.08. The van der Waals surface area contributed by atoms with Gasteiger partial charge >= 0.3 is 0 Å². The second-order valence-electron chi connectivity index (χ2n) is 4.85. The van der Waals surface area contributed by atoms with E-state index in [1.807, 2.05) is 17.8 Å². The molecule has 1 aromatic carbocycles. The fourth-order valence-corrected chi connectivity index (χ4v) is 2.22. The van der Waals surface area contributed by atoms with Crippen molar-refractivity contribution in [1.82, 2.24) is 20.4 Å². The second kappa shape index (κ2) is 7.47. The van der Waals surface area contributed by atoms with Crippen LogP contribution in [0.5, 0.6) is 0 Å². The highest BCUT2D eigenvalue weighted by atomic mass is 15.3. The van der Waals surface area contributed by atoms with Crippen LogP contribution in [-0.4, -0.2) is 22.8 Å². The van der Waals surface area contributed by atoms with E-state index in [0.717, 1.165) is 24.6 Å². The molecular weight excluding hydrogens is 262 g/mol. The lowest BCUT2D eigenvalue weighted by atomic mass is 10.1. The van der Waals surface area contributed by atoms with Crippen LogP contribution in [0, 0.1) is 0 Å². The second-order valence-corrected chi connectivity index (χ2v) is 4.85. The van der Waals surface area contributed by atoms with E-state index in [2.05, 4.69) is 51.9 Å². The van der Waals surface area contributed by atoms with E-state index in [1.165, 1.54) is 11.1 Å². The Morgan fingerprint density at radius 2 is 1.86 bits per heavy atom. The predicted molar refractivity (Wildman–Crippen MR) is 86.1 cm³/mol. The Hall–Kier alpha value is -2.30. The molecule has 0 fully saturated rings. The Morgan fingerprint density at radius 1 is 1.14 bits per heavy atom. The molecule has 21 heavy (non-hydrogen) atoms. The Labute approximate surface area is 126 Å². The van der Waals surface area contributed by atoms with Crippen LogP contribution < -0.4 is 10.6 Å². The third kappa shape index (κ3) is 4.08. The molecule has 1 heterocycles. The molecule has 112 valence electrons. The quantitative estimate of drug-likeness (QED) is 0.651. The number of aryl methyl sites for hydroxylation is 2. The normalized spacial score (nSPS) is 11.5. The summed E-state index contributed by atoms with van der Waals surface area (Å²) in [5.74, 6) is 0.794. The van der Waals surface area contributed by atoms with E-state index in [4.69, 9.17) is 0 Å². The summed E-state index contributed by atoms with van der Waals surface area (Å²) in [6.45, 7) is 3.65. The third-order valence-electron chi connectivity index (χ3n) is 3.53. The lowest BCUT2D eigenvalue weighted by molar-refractivity contribution is 0.684. The van der Waals surface area contributed by atoms with Crippen LogP contribution in [0.1, 0.15) is 23.7 Å². The fourth-order valence-electron chi connectivity index (χ4n) is 2.22. The molecule has 0 unspecified atom stereocenters. The zero-order valence-electron chi connectivity index (χ0n) is 12.9. The number of guanidine groups is 1. The van der Waals surface area contributed by atoms with Gasteiger partial charge in [0.1, 0.15) is 0 Å². The lowest BCUT2D eigenvalue weighted by Crippen LogP contribution is -2.36. The number of aromatic nitrogens is 2. The van der Waals surface area contributed by atoms with E-state index in [-0.39, 0.29) is 0 Å². The molecule has 5 nitrogen and oxygen atoms in total. The summed E-state index contributed by atoms with van der Waals surface area (Å²) < 4.78 is 1.85. The molecule has 0 bridgehead atoms. The first-order chi connectivity index (χ1) is 10.2. The van der Waals surface area contributed by atoms with Crippen LogP contribution in [-0.2, 0) is 26.6 Å². The summed E-state index contributed by atoms with van der Waals surface area (Å²) in [4.78, 5) is 4.25.